The summed E-state index contributed by atoms with van der Waals surface area (Å²) in [7, 11) is 0. The van der Waals surface area contributed by atoms with Crippen LogP contribution in [0.5, 0.6) is 0 Å². The molecule has 0 saturated heterocycles. The van der Waals surface area contributed by atoms with E-state index in [-0.39, 0.29) is 0 Å². The van der Waals surface area contributed by atoms with Crippen molar-refractivity contribution in [3.63, 3.8) is 0 Å². The number of benzene rings is 1. The van der Waals surface area contributed by atoms with E-state index in [1.807, 2.05) is 18.2 Å². The first-order chi connectivity index (χ1) is 8.66. The lowest BCUT2D eigenvalue weighted by Crippen LogP contribution is -2.37. The summed E-state index contributed by atoms with van der Waals surface area (Å²) in [6.07, 6.45) is 6.81. The Morgan fingerprint density at radius 3 is 2.28 bits per heavy atom. The van der Waals surface area contributed by atoms with E-state index in [0.29, 0.717) is 5.92 Å². The van der Waals surface area contributed by atoms with Crippen LogP contribution in [0, 0.1) is 11.8 Å². The molecule has 1 N–H and O–H groups in total. The minimum Gasteiger partial charge on any atom is -0.385 e. The third-order valence-electron chi connectivity index (χ3n) is 4.60. The van der Waals surface area contributed by atoms with Gasteiger partial charge in [-0.15, -0.1) is 0 Å². The summed E-state index contributed by atoms with van der Waals surface area (Å²) in [4.78, 5) is 0. The van der Waals surface area contributed by atoms with Crippen molar-refractivity contribution in [3.05, 3.63) is 35.9 Å². The summed E-state index contributed by atoms with van der Waals surface area (Å²) < 4.78 is 0. The molecular weight excluding hydrogens is 220 g/mol. The maximum Gasteiger partial charge on any atom is 0.0924 e. The molecule has 1 saturated carbocycles. The molecule has 0 aromatic heterocycles. The van der Waals surface area contributed by atoms with Gasteiger partial charge in [0.25, 0.3) is 0 Å². The Hall–Kier alpha value is -0.820. The zero-order valence-corrected chi connectivity index (χ0v) is 11.7. The predicted octanol–water partition coefficient (Wildman–Crippen LogP) is 4.50. The molecular formula is C17H26O. The van der Waals surface area contributed by atoms with E-state index in [9.17, 15) is 5.11 Å². The fraction of sp³-hybridized carbons (Fsp3) is 0.647. The van der Waals surface area contributed by atoms with Gasteiger partial charge in [-0.1, -0.05) is 63.4 Å². The summed E-state index contributed by atoms with van der Waals surface area (Å²) >= 11 is 0. The third kappa shape index (κ3) is 2.77. The minimum atomic E-state index is -0.601. The van der Waals surface area contributed by atoms with Crippen molar-refractivity contribution in [2.45, 2.75) is 58.0 Å². The highest BCUT2D eigenvalue weighted by atomic mass is 16.3. The smallest absolute Gasteiger partial charge is 0.0924 e. The van der Waals surface area contributed by atoms with Crippen LogP contribution in [0.3, 0.4) is 0 Å². The van der Waals surface area contributed by atoms with Gasteiger partial charge in [0.1, 0.15) is 0 Å². The van der Waals surface area contributed by atoms with Crippen molar-refractivity contribution in [1.29, 1.82) is 0 Å². The quantitative estimate of drug-likeness (QED) is 0.829. The Morgan fingerprint density at radius 1 is 1.11 bits per heavy atom. The summed E-state index contributed by atoms with van der Waals surface area (Å²) in [5, 5.41) is 11.2. The second kappa shape index (κ2) is 5.88. The lowest BCUT2D eigenvalue weighted by molar-refractivity contribution is -0.0508. The van der Waals surface area contributed by atoms with E-state index < -0.39 is 5.60 Å². The summed E-state index contributed by atoms with van der Waals surface area (Å²) in [6, 6.07) is 10.3. The van der Waals surface area contributed by atoms with Crippen LogP contribution in [0.1, 0.15) is 57.9 Å². The molecule has 0 heterocycles. The Balaban J connectivity index is 2.21. The average molecular weight is 246 g/mol. The molecule has 1 unspecified atom stereocenters. The first-order valence-corrected chi connectivity index (χ1v) is 7.44. The molecule has 0 bridgehead atoms. The van der Waals surface area contributed by atoms with Crippen LogP contribution >= 0.6 is 0 Å². The number of hydrogen-bond donors (Lipinski definition) is 1. The Bertz CT molecular complexity index is 351. The average Bonchev–Trinajstić information content (AvgIpc) is 2.40. The molecule has 1 aromatic carbocycles. The largest absolute Gasteiger partial charge is 0.385 e. The number of hydrogen-bond acceptors (Lipinski definition) is 1. The van der Waals surface area contributed by atoms with Crippen LogP contribution in [0.2, 0.25) is 0 Å². The van der Waals surface area contributed by atoms with E-state index in [1.54, 1.807) is 0 Å². The van der Waals surface area contributed by atoms with Crippen LogP contribution in [-0.4, -0.2) is 5.11 Å². The summed E-state index contributed by atoms with van der Waals surface area (Å²) in [5.74, 6) is 1.28. The zero-order chi connectivity index (χ0) is 13.0. The van der Waals surface area contributed by atoms with Crippen molar-refractivity contribution in [1.82, 2.24) is 0 Å². The molecule has 2 rings (SSSR count). The van der Waals surface area contributed by atoms with Gasteiger partial charge in [0, 0.05) is 0 Å². The predicted molar refractivity (Wildman–Crippen MR) is 76.4 cm³/mol. The van der Waals surface area contributed by atoms with Gasteiger partial charge in [0.2, 0.25) is 0 Å². The molecule has 18 heavy (non-hydrogen) atoms. The molecule has 1 nitrogen and oxygen atoms in total. The molecule has 0 aliphatic heterocycles. The van der Waals surface area contributed by atoms with Crippen molar-refractivity contribution in [2.24, 2.45) is 11.8 Å². The van der Waals surface area contributed by atoms with Crippen LogP contribution in [0.15, 0.2) is 30.3 Å². The highest BCUT2D eigenvalue weighted by Crippen LogP contribution is 2.43. The highest BCUT2D eigenvalue weighted by molar-refractivity contribution is 5.23. The number of rotatable bonds is 4. The molecule has 1 heteroatoms. The second-order valence-electron chi connectivity index (χ2n) is 6.00. The van der Waals surface area contributed by atoms with Crippen molar-refractivity contribution in [3.8, 4) is 0 Å². The zero-order valence-electron chi connectivity index (χ0n) is 11.7. The molecule has 0 spiro atoms. The molecule has 1 aliphatic rings. The molecule has 0 radical (unpaired) electrons. The van der Waals surface area contributed by atoms with Crippen LogP contribution in [0.25, 0.3) is 0 Å². The van der Waals surface area contributed by atoms with Crippen LogP contribution < -0.4 is 0 Å². The van der Waals surface area contributed by atoms with E-state index in [0.717, 1.165) is 24.3 Å². The molecule has 1 aliphatic carbocycles. The molecule has 1 fully saturated rings. The fourth-order valence-corrected chi connectivity index (χ4v) is 3.43. The van der Waals surface area contributed by atoms with Crippen molar-refractivity contribution in [2.75, 3.05) is 0 Å². The normalized spacial score (nSPS) is 27.7. The SMILES string of the molecule is CCCC(O)(c1ccccc1)C1CCC(C)CC1. The fourth-order valence-electron chi connectivity index (χ4n) is 3.43. The van der Waals surface area contributed by atoms with Gasteiger partial charge >= 0.3 is 0 Å². The van der Waals surface area contributed by atoms with E-state index in [4.69, 9.17) is 0 Å². The third-order valence-corrected chi connectivity index (χ3v) is 4.60. The monoisotopic (exact) mass is 246 g/mol. The van der Waals surface area contributed by atoms with Gasteiger partial charge in [0.15, 0.2) is 0 Å². The number of aliphatic hydroxyl groups is 1. The van der Waals surface area contributed by atoms with Crippen LogP contribution in [-0.2, 0) is 5.60 Å². The molecule has 1 atom stereocenters. The molecule has 1 aromatic rings. The Kier molecular flexibility index (Phi) is 4.45. The van der Waals surface area contributed by atoms with Crippen molar-refractivity contribution < 1.29 is 5.11 Å². The Morgan fingerprint density at radius 2 is 1.72 bits per heavy atom. The van der Waals surface area contributed by atoms with Gasteiger partial charge in [0.05, 0.1) is 5.60 Å². The highest BCUT2D eigenvalue weighted by Gasteiger charge is 2.38. The standard InChI is InChI=1S/C17H26O/c1-3-13-17(18,15-7-5-4-6-8-15)16-11-9-14(2)10-12-16/h4-8,14,16,18H,3,9-13H2,1-2H3. The maximum atomic E-state index is 11.2. The van der Waals surface area contributed by atoms with Gasteiger partial charge < -0.3 is 5.11 Å². The van der Waals surface area contributed by atoms with E-state index in [1.165, 1.54) is 25.7 Å². The van der Waals surface area contributed by atoms with Crippen molar-refractivity contribution >= 4 is 0 Å². The van der Waals surface area contributed by atoms with Gasteiger partial charge in [-0.05, 0) is 36.7 Å². The minimum absolute atomic E-state index is 0.441. The first-order valence-electron chi connectivity index (χ1n) is 7.44. The lowest BCUT2D eigenvalue weighted by Gasteiger charge is -2.40. The van der Waals surface area contributed by atoms with E-state index >= 15 is 0 Å². The second-order valence-corrected chi connectivity index (χ2v) is 6.00. The van der Waals surface area contributed by atoms with Gasteiger partial charge in [-0.3, -0.25) is 0 Å². The molecule has 100 valence electrons. The topological polar surface area (TPSA) is 20.2 Å². The maximum absolute atomic E-state index is 11.2. The van der Waals surface area contributed by atoms with Gasteiger partial charge in [-0.25, -0.2) is 0 Å². The lowest BCUT2D eigenvalue weighted by atomic mass is 9.69. The van der Waals surface area contributed by atoms with Crippen LogP contribution in [0.4, 0.5) is 0 Å². The van der Waals surface area contributed by atoms with E-state index in [2.05, 4.69) is 26.0 Å². The Labute approximate surface area is 111 Å². The van der Waals surface area contributed by atoms with Gasteiger partial charge in [-0.2, -0.15) is 0 Å². The molecule has 0 amide bonds. The summed E-state index contributed by atoms with van der Waals surface area (Å²) in [5.41, 5.74) is 0.516. The first kappa shape index (κ1) is 13.6. The summed E-state index contributed by atoms with van der Waals surface area (Å²) in [6.45, 7) is 4.50.